The molecule has 0 aromatic heterocycles. The van der Waals surface area contributed by atoms with Gasteiger partial charge in [0.15, 0.2) is 0 Å². The Morgan fingerprint density at radius 2 is 2.00 bits per heavy atom. The van der Waals surface area contributed by atoms with Crippen LogP contribution in [0.4, 0.5) is 4.39 Å². The number of piperidine rings is 1. The molecule has 0 unspecified atom stereocenters. The highest BCUT2D eigenvalue weighted by Crippen LogP contribution is 2.27. The van der Waals surface area contributed by atoms with E-state index in [1.54, 1.807) is 21.9 Å². The topological polar surface area (TPSA) is 97.3 Å². The number of benzene rings is 1. The number of rotatable bonds is 3. The second-order valence-electron chi connectivity index (χ2n) is 6.98. The number of nitrogens with zero attached hydrogens (tertiary/aromatic N) is 3. The molecule has 1 fully saturated rings. The molecule has 3 heterocycles. The van der Waals surface area contributed by atoms with E-state index >= 15 is 0 Å². The fraction of sp³-hybridized carbons (Fsp3) is 0.300. The normalized spacial score (nSPS) is 16.8. The quantitative estimate of drug-likeness (QED) is 0.682. The van der Waals surface area contributed by atoms with E-state index in [1.807, 2.05) is 0 Å². The van der Waals surface area contributed by atoms with E-state index in [0.29, 0.717) is 18.7 Å². The van der Waals surface area contributed by atoms with Gasteiger partial charge >= 0.3 is 5.97 Å². The largest absolute Gasteiger partial charge is 0.465 e. The third-order valence-electron chi connectivity index (χ3n) is 5.18. The van der Waals surface area contributed by atoms with Crippen molar-refractivity contribution in [2.24, 2.45) is 0 Å². The number of fused-ring (bicyclic) bond motifs is 1. The zero-order valence-corrected chi connectivity index (χ0v) is 15.7. The predicted molar refractivity (Wildman–Crippen MR) is 101 cm³/mol. The van der Waals surface area contributed by atoms with Gasteiger partial charge in [-0.05, 0) is 37.1 Å². The molecule has 0 radical (unpaired) electrons. The Bertz CT molecular complexity index is 1090. The third kappa shape index (κ3) is 3.51. The van der Waals surface area contributed by atoms with Crippen LogP contribution in [-0.2, 0) is 4.74 Å². The maximum Gasteiger partial charge on any atom is 0.341 e. The lowest BCUT2D eigenvalue weighted by molar-refractivity contribution is 0.0596. The Morgan fingerprint density at radius 1 is 1.24 bits per heavy atom. The summed E-state index contributed by atoms with van der Waals surface area (Å²) in [6, 6.07) is 5.31. The highest BCUT2D eigenvalue weighted by atomic mass is 19.1. The molecular weight excluding hydrogens is 379 g/mol. The number of pyridine rings is 1. The number of carbonyl (C=O) groups excluding carboxylic acids is 2. The van der Waals surface area contributed by atoms with E-state index in [0.717, 1.165) is 12.8 Å². The first kappa shape index (κ1) is 18.9. The van der Waals surface area contributed by atoms with Crippen LogP contribution in [0.5, 0.6) is 0 Å². The van der Waals surface area contributed by atoms with E-state index in [4.69, 9.17) is 4.74 Å². The van der Waals surface area contributed by atoms with E-state index in [2.05, 4.69) is 10.2 Å². The Hall–Kier alpha value is -3.49. The summed E-state index contributed by atoms with van der Waals surface area (Å²) in [7, 11) is 1.26. The zero-order chi connectivity index (χ0) is 20.5. The molecule has 0 saturated carbocycles. The number of nitrogens with one attached hydrogen (secondary N) is 1. The van der Waals surface area contributed by atoms with Gasteiger partial charge in [-0.25, -0.2) is 14.3 Å². The molecule has 0 bridgehead atoms. The first-order chi connectivity index (χ1) is 14.0. The monoisotopic (exact) mass is 398 g/mol. The summed E-state index contributed by atoms with van der Waals surface area (Å²) in [5, 5.41) is 6.27. The lowest BCUT2D eigenvalue weighted by Gasteiger charge is -2.34. The average molecular weight is 398 g/mol. The molecular formula is C20H19FN4O4. The Balaban J connectivity index is 1.65. The number of aromatic amines is 1. The van der Waals surface area contributed by atoms with Crippen molar-refractivity contribution in [2.45, 2.75) is 18.9 Å². The van der Waals surface area contributed by atoms with Crippen molar-refractivity contribution >= 4 is 11.9 Å². The van der Waals surface area contributed by atoms with Crippen molar-refractivity contribution < 1.29 is 18.7 Å². The van der Waals surface area contributed by atoms with Crippen LogP contribution in [0.3, 0.4) is 0 Å². The van der Waals surface area contributed by atoms with Crippen LogP contribution in [0.1, 0.15) is 39.6 Å². The minimum Gasteiger partial charge on any atom is -0.465 e. The first-order valence-corrected chi connectivity index (χ1v) is 9.21. The summed E-state index contributed by atoms with van der Waals surface area (Å²) < 4.78 is 19.7. The van der Waals surface area contributed by atoms with Crippen LogP contribution in [-0.4, -0.2) is 51.7 Å². The summed E-state index contributed by atoms with van der Waals surface area (Å²) in [6.07, 6.45) is 4.77. The number of esters is 1. The van der Waals surface area contributed by atoms with E-state index in [-0.39, 0.29) is 28.8 Å². The SMILES string of the molecule is COC(=O)c1cn([C@@H]2CCCN(C(=O)c3ccc(F)cc3)C2)cc2c(=O)[nH]nc1-2. The summed E-state index contributed by atoms with van der Waals surface area (Å²) in [4.78, 5) is 38.7. The number of aromatic nitrogens is 3. The molecule has 8 nitrogen and oxygen atoms in total. The van der Waals surface area contributed by atoms with Crippen molar-refractivity contribution in [2.75, 3.05) is 20.2 Å². The number of methoxy groups -OCH3 is 1. The van der Waals surface area contributed by atoms with Crippen molar-refractivity contribution in [1.82, 2.24) is 19.7 Å². The summed E-state index contributed by atoms with van der Waals surface area (Å²) in [5.41, 5.74) is 0.752. The number of amides is 1. The first-order valence-electron chi connectivity index (χ1n) is 9.21. The number of ether oxygens (including phenoxy) is 1. The maximum atomic E-state index is 13.1. The molecule has 4 rings (SSSR count). The lowest BCUT2D eigenvalue weighted by Crippen LogP contribution is -2.40. The molecule has 3 aliphatic heterocycles. The van der Waals surface area contributed by atoms with Crippen molar-refractivity contribution in [1.29, 1.82) is 0 Å². The Labute approximate surface area is 165 Å². The number of likely N-dealkylation sites (tertiary alicyclic amines) is 1. The van der Waals surface area contributed by atoms with E-state index in [1.165, 1.54) is 31.4 Å². The van der Waals surface area contributed by atoms with Crippen molar-refractivity contribution in [3.8, 4) is 11.3 Å². The Morgan fingerprint density at radius 3 is 2.72 bits per heavy atom. The smallest absolute Gasteiger partial charge is 0.341 e. The molecule has 1 aromatic rings. The molecule has 0 aliphatic carbocycles. The van der Waals surface area contributed by atoms with Crippen LogP contribution < -0.4 is 5.56 Å². The fourth-order valence-electron chi connectivity index (χ4n) is 3.68. The highest BCUT2D eigenvalue weighted by molar-refractivity contribution is 5.96. The van der Waals surface area contributed by atoms with Crippen LogP contribution in [0.15, 0.2) is 41.5 Å². The average Bonchev–Trinajstić information content (AvgIpc) is 3.13. The van der Waals surface area contributed by atoms with Gasteiger partial charge in [0, 0.05) is 31.0 Å². The molecule has 9 heteroatoms. The van der Waals surface area contributed by atoms with Crippen LogP contribution >= 0.6 is 0 Å². The lowest BCUT2D eigenvalue weighted by atomic mass is 10.0. The van der Waals surface area contributed by atoms with Gasteiger partial charge in [0.1, 0.15) is 17.1 Å². The minimum atomic E-state index is -0.592. The number of hydrogen-bond donors (Lipinski definition) is 1. The third-order valence-corrected chi connectivity index (χ3v) is 5.18. The number of carbonyl (C=O) groups is 2. The van der Waals surface area contributed by atoms with Crippen LogP contribution in [0, 0.1) is 5.82 Å². The zero-order valence-electron chi connectivity index (χ0n) is 15.7. The second-order valence-corrected chi connectivity index (χ2v) is 6.98. The second kappa shape index (κ2) is 7.50. The maximum absolute atomic E-state index is 13.1. The summed E-state index contributed by atoms with van der Waals surface area (Å²) >= 11 is 0. The van der Waals surface area contributed by atoms with Gasteiger partial charge in [0.05, 0.1) is 18.7 Å². The molecule has 1 amide bonds. The van der Waals surface area contributed by atoms with Gasteiger partial charge in [0.2, 0.25) is 0 Å². The molecule has 150 valence electrons. The number of hydrogen-bond acceptors (Lipinski definition) is 5. The molecule has 3 aliphatic rings. The molecule has 1 atom stereocenters. The predicted octanol–water partition coefficient (Wildman–Crippen LogP) is 2.08. The molecule has 1 N–H and O–H groups in total. The number of H-pyrrole nitrogens is 1. The van der Waals surface area contributed by atoms with Gasteiger partial charge in [-0.2, -0.15) is 5.10 Å². The van der Waals surface area contributed by atoms with E-state index < -0.39 is 17.3 Å². The van der Waals surface area contributed by atoms with Gasteiger partial charge < -0.3 is 14.2 Å². The highest BCUT2D eigenvalue weighted by Gasteiger charge is 2.28. The molecule has 1 aromatic carbocycles. The van der Waals surface area contributed by atoms with Gasteiger partial charge in [-0.15, -0.1) is 0 Å². The van der Waals surface area contributed by atoms with Crippen LogP contribution in [0.25, 0.3) is 11.3 Å². The van der Waals surface area contributed by atoms with Crippen molar-refractivity contribution in [3.63, 3.8) is 0 Å². The summed E-state index contributed by atoms with van der Waals surface area (Å²) in [5.74, 6) is -1.17. The van der Waals surface area contributed by atoms with Gasteiger partial charge in [-0.1, -0.05) is 0 Å². The van der Waals surface area contributed by atoms with E-state index in [9.17, 15) is 18.8 Å². The van der Waals surface area contributed by atoms with Crippen LogP contribution in [0.2, 0.25) is 0 Å². The standard InChI is InChI=1S/C20H19FN4O4/c1-29-20(28)16-11-25(10-15-17(16)22-23-18(15)26)14-3-2-8-24(9-14)19(27)12-4-6-13(21)7-5-12/h4-7,10-11,14H,2-3,8-9H2,1H3,(H,23,26)/t14-/m1/s1. The summed E-state index contributed by atoms with van der Waals surface area (Å²) in [6.45, 7) is 0.983. The molecule has 0 spiro atoms. The van der Waals surface area contributed by atoms with Gasteiger partial charge in [0.25, 0.3) is 11.5 Å². The fourth-order valence-corrected chi connectivity index (χ4v) is 3.68. The Kier molecular flexibility index (Phi) is 4.87. The van der Waals surface area contributed by atoms with Crippen molar-refractivity contribution in [3.05, 3.63) is 64.0 Å². The molecule has 1 saturated heterocycles. The number of halogens is 1. The minimum absolute atomic E-state index is 0.129. The van der Waals surface area contributed by atoms with Gasteiger partial charge in [-0.3, -0.25) is 9.59 Å². The molecule has 29 heavy (non-hydrogen) atoms.